The third-order valence-electron chi connectivity index (χ3n) is 3.23. The van der Waals surface area contributed by atoms with Crippen LogP contribution in [0.1, 0.15) is 18.4 Å². The maximum Gasteiger partial charge on any atom is 0.286 e. The largest absolute Gasteiger partial charge is 0.341 e. The third-order valence-corrected chi connectivity index (χ3v) is 3.23. The van der Waals surface area contributed by atoms with E-state index >= 15 is 0 Å². The molecule has 1 aliphatic rings. The van der Waals surface area contributed by atoms with Gasteiger partial charge in [-0.3, -0.25) is 24.3 Å². The molecule has 0 aliphatic carbocycles. The van der Waals surface area contributed by atoms with Crippen LogP contribution >= 0.6 is 0 Å². The van der Waals surface area contributed by atoms with Gasteiger partial charge in [0.2, 0.25) is 5.91 Å². The van der Waals surface area contributed by atoms with Crippen molar-refractivity contribution < 1.29 is 9.72 Å². The predicted molar refractivity (Wildman–Crippen MR) is 67.9 cm³/mol. The van der Waals surface area contributed by atoms with Gasteiger partial charge in [0.05, 0.1) is 11.1 Å². The fourth-order valence-corrected chi connectivity index (χ4v) is 2.20. The monoisotopic (exact) mass is 265 g/mol. The van der Waals surface area contributed by atoms with E-state index in [9.17, 15) is 19.7 Å². The average molecular weight is 265 g/mol. The zero-order valence-electron chi connectivity index (χ0n) is 10.7. The summed E-state index contributed by atoms with van der Waals surface area (Å²) in [6.07, 6.45) is 3.06. The lowest BCUT2D eigenvalue weighted by Crippen LogP contribution is -2.35. The van der Waals surface area contributed by atoms with Crippen molar-refractivity contribution in [2.24, 2.45) is 0 Å². The predicted octanol–water partition coefficient (Wildman–Crippen LogP) is 0.687. The number of hydrogen-bond donors (Lipinski definition) is 0. The van der Waals surface area contributed by atoms with Crippen LogP contribution in [0.5, 0.6) is 0 Å². The van der Waals surface area contributed by atoms with Crippen molar-refractivity contribution in [2.45, 2.75) is 26.3 Å². The molecule has 1 amide bonds. The smallest absolute Gasteiger partial charge is 0.286 e. The number of rotatable bonds is 3. The SMILES string of the molecule is Cc1cc([N+](=O)[O-])cn(CC(=O)N2CCCC2)c1=O. The molecule has 0 unspecified atom stereocenters. The minimum Gasteiger partial charge on any atom is -0.341 e. The van der Waals surface area contributed by atoms with Crippen LogP contribution in [-0.2, 0) is 11.3 Å². The van der Waals surface area contributed by atoms with E-state index in [1.165, 1.54) is 13.0 Å². The lowest BCUT2D eigenvalue weighted by atomic mass is 10.3. The second kappa shape index (κ2) is 5.21. The van der Waals surface area contributed by atoms with Crippen molar-refractivity contribution in [1.29, 1.82) is 0 Å². The Kier molecular flexibility index (Phi) is 3.64. The molecule has 0 radical (unpaired) electrons. The molecule has 0 saturated carbocycles. The zero-order chi connectivity index (χ0) is 14.0. The van der Waals surface area contributed by atoms with Gasteiger partial charge in [-0.2, -0.15) is 0 Å². The highest BCUT2D eigenvalue weighted by molar-refractivity contribution is 5.76. The number of hydrogen-bond acceptors (Lipinski definition) is 4. The van der Waals surface area contributed by atoms with Gasteiger partial charge in [-0.05, 0) is 19.8 Å². The standard InChI is InChI=1S/C12H15N3O4/c1-9-6-10(15(18)19)7-14(12(9)17)8-11(16)13-4-2-3-5-13/h6-7H,2-5,8H2,1H3. The number of aromatic nitrogens is 1. The number of nitrogens with zero attached hydrogens (tertiary/aromatic N) is 3. The van der Waals surface area contributed by atoms with E-state index in [1.807, 2.05) is 0 Å². The van der Waals surface area contributed by atoms with Crippen LogP contribution in [0.4, 0.5) is 5.69 Å². The van der Waals surface area contributed by atoms with E-state index in [4.69, 9.17) is 0 Å². The molecule has 19 heavy (non-hydrogen) atoms. The van der Waals surface area contributed by atoms with Crippen LogP contribution < -0.4 is 5.56 Å². The lowest BCUT2D eigenvalue weighted by Gasteiger charge is -2.16. The molecule has 7 nitrogen and oxygen atoms in total. The molecule has 1 fully saturated rings. The van der Waals surface area contributed by atoms with E-state index < -0.39 is 4.92 Å². The van der Waals surface area contributed by atoms with Gasteiger partial charge in [0, 0.05) is 24.7 Å². The van der Waals surface area contributed by atoms with Crippen molar-refractivity contribution in [1.82, 2.24) is 9.47 Å². The molecule has 0 spiro atoms. The Morgan fingerprint density at radius 3 is 2.63 bits per heavy atom. The summed E-state index contributed by atoms with van der Waals surface area (Å²) >= 11 is 0. The average Bonchev–Trinajstić information content (AvgIpc) is 2.88. The van der Waals surface area contributed by atoms with Crippen LogP contribution in [-0.4, -0.2) is 33.4 Å². The second-order valence-corrected chi connectivity index (χ2v) is 4.66. The fourth-order valence-electron chi connectivity index (χ4n) is 2.20. The Morgan fingerprint density at radius 1 is 1.42 bits per heavy atom. The first kappa shape index (κ1) is 13.3. The minimum atomic E-state index is -0.566. The van der Waals surface area contributed by atoms with Crippen molar-refractivity contribution in [3.63, 3.8) is 0 Å². The van der Waals surface area contributed by atoms with Crippen LogP contribution in [0.15, 0.2) is 17.1 Å². The second-order valence-electron chi connectivity index (χ2n) is 4.66. The molecule has 1 aromatic heterocycles. The summed E-state index contributed by atoms with van der Waals surface area (Å²) in [6, 6.07) is 1.22. The Hall–Kier alpha value is -2.18. The van der Waals surface area contributed by atoms with Crippen molar-refractivity contribution in [3.05, 3.63) is 38.3 Å². The highest BCUT2D eigenvalue weighted by atomic mass is 16.6. The summed E-state index contributed by atoms with van der Waals surface area (Å²) in [5.74, 6) is -0.167. The molecule has 0 aromatic carbocycles. The number of likely N-dealkylation sites (tertiary alicyclic amines) is 1. The van der Waals surface area contributed by atoms with Crippen molar-refractivity contribution in [3.8, 4) is 0 Å². The number of nitro groups is 1. The first-order valence-electron chi connectivity index (χ1n) is 6.12. The Bertz CT molecular complexity index is 573. The van der Waals surface area contributed by atoms with Crippen molar-refractivity contribution in [2.75, 3.05) is 13.1 Å². The Morgan fingerprint density at radius 2 is 2.05 bits per heavy atom. The summed E-state index contributed by atoms with van der Waals surface area (Å²) in [7, 11) is 0. The highest BCUT2D eigenvalue weighted by Crippen LogP contribution is 2.11. The summed E-state index contributed by atoms with van der Waals surface area (Å²) in [5.41, 5.74) is -0.270. The molecule has 1 aromatic rings. The van der Waals surface area contributed by atoms with Gasteiger partial charge < -0.3 is 4.90 Å². The third kappa shape index (κ3) is 2.81. The number of carbonyl (C=O) groups is 1. The van der Waals surface area contributed by atoms with Gasteiger partial charge in [0.1, 0.15) is 6.54 Å². The summed E-state index contributed by atoms with van der Waals surface area (Å²) in [4.78, 5) is 35.7. The first-order valence-corrected chi connectivity index (χ1v) is 6.12. The summed E-state index contributed by atoms with van der Waals surface area (Å²) in [5, 5.41) is 10.8. The summed E-state index contributed by atoms with van der Waals surface area (Å²) < 4.78 is 1.12. The molecule has 1 saturated heterocycles. The molecule has 0 bridgehead atoms. The van der Waals surface area contributed by atoms with Gasteiger partial charge in [0.25, 0.3) is 11.2 Å². The molecule has 0 N–H and O–H groups in total. The lowest BCUT2D eigenvalue weighted by molar-refractivity contribution is -0.385. The molecule has 7 heteroatoms. The summed E-state index contributed by atoms with van der Waals surface area (Å²) in [6.45, 7) is 2.76. The molecular weight excluding hydrogens is 250 g/mol. The van der Waals surface area contributed by atoms with Gasteiger partial charge in [-0.25, -0.2) is 0 Å². The van der Waals surface area contributed by atoms with E-state index in [2.05, 4.69) is 0 Å². The molecule has 0 atom stereocenters. The fraction of sp³-hybridized carbons (Fsp3) is 0.500. The van der Waals surface area contributed by atoms with Crippen LogP contribution in [0.3, 0.4) is 0 Å². The minimum absolute atomic E-state index is 0.138. The maximum atomic E-state index is 12.0. The van der Waals surface area contributed by atoms with Gasteiger partial charge in [-0.15, -0.1) is 0 Å². The van der Waals surface area contributed by atoms with Gasteiger partial charge >= 0.3 is 0 Å². The first-order chi connectivity index (χ1) is 8.99. The maximum absolute atomic E-state index is 12.0. The molecule has 1 aliphatic heterocycles. The van der Waals surface area contributed by atoms with Gasteiger partial charge in [-0.1, -0.05) is 0 Å². The topological polar surface area (TPSA) is 85.4 Å². The highest BCUT2D eigenvalue weighted by Gasteiger charge is 2.20. The molecule has 102 valence electrons. The molecule has 2 heterocycles. The normalized spacial score (nSPS) is 14.7. The Labute approximate surface area is 109 Å². The zero-order valence-corrected chi connectivity index (χ0v) is 10.7. The number of aryl methyl sites for hydroxylation is 1. The van der Waals surface area contributed by atoms with Crippen LogP contribution in [0.2, 0.25) is 0 Å². The van der Waals surface area contributed by atoms with E-state index in [0.29, 0.717) is 13.1 Å². The van der Waals surface area contributed by atoms with Gasteiger partial charge in [0.15, 0.2) is 0 Å². The van der Waals surface area contributed by atoms with E-state index in [-0.39, 0.29) is 29.3 Å². The Balaban J connectivity index is 2.26. The quantitative estimate of drug-likeness (QED) is 0.594. The van der Waals surface area contributed by atoms with E-state index in [0.717, 1.165) is 23.6 Å². The van der Waals surface area contributed by atoms with Crippen LogP contribution in [0.25, 0.3) is 0 Å². The van der Waals surface area contributed by atoms with Crippen molar-refractivity contribution >= 4 is 11.6 Å². The number of amides is 1. The molecule has 2 rings (SSSR count). The number of carbonyl (C=O) groups excluding carboxylic acids is 1. The van der Waals surface area contributed by atoms with E-state index in [1.54, 1.807) is 4.90 Å². The van der Waals surface area contributed by atoms with Crippen LogP contribution in [0, 0.1) is 17.0 Å². The number of pyridine rings is 1. The molecular formula is C12H15N3O4.